The van der Waals surface area contributed by atoms with Gasteiger partial charge in [-0.1, -0.05) is 24.7 Å². The largest absolute Gasteiger partial charge is 0.384 e. The van der Waals surface area contributed by atoms with Crippen LogP contribution < -0.4 is 4.72 Å². The van der Waals surface area contributed by atoms with E-state index in [-0.39, 0.29) is 11.5 Å². The maximum atomic E-state index is 13.9. The molecule has 0 aromatic heterocycles. The fourth-order valence-electron chi connectivity index (χ4n) is 2.02. The van der Waals surface area contributed by atoms with E-state index in [1.54, 1.807) is 0 Å². The summed E-state index contributed by atoms with van der Waals surface area (Å²) in [5.74, 6) is 4.82. The van der Waals surface area contributed by atoms with Gasteiger partial charge in [0.15, 0.2) is 0 Å². The highest BCUT2D eigenvalue weighted by Crippen LogP contribution is 2.33. The van der Waals surface area contributed by atoms with E-state index in [2.05, 4.69) is 16.6 Å². The molecule has 0 bridgehead atoms. The van der Waals surface area contributed by atoms with Crippen molar-refractivity contribution in [3.05, 3.63) is 29.6 Å². The molecule has 0 saturated heterocycles. The average Bonchev–Trinajstić information content (AvgIpc) is 3.25. The zero-order chi connectivity index (χ0) is 15.3. The van der Waals surface area contributed by atoms with E-state index in [9.17, 15) is 12.8 Å². The Morgan fingerprint density at radius 3 is 2.76 bits per heavy atom. The second kappa shape index (κ2) is 7.03. The maximum Gasteiger partial charge on any atom is 0.243 e. The molecule has 0 unspecified atom stereocenters. The summed E-state index contributed by atoms with van der Waals surface area (Å²) in [5, 5.41) is 8.57. The lowest BCUT2D eigenvalue weighted by Gasteiger charge is -2.07. The quantitative estimate of drug-likeness (QED) is 0.620. The summed E-state index contributed by atoms with van der Waals surface area (Å²) >= 11 is 0. The van der Waals surface area contributed by atoms with Crippen molar-refractivity contribution >= 4 is 10.0 Å². The molecule has 2 N–H and O–H groups in total. The van der Waals surface area contributed by atoms with Gasteiger partial charge in [0, 0.05) is 12.1 Å². The third-order valence-corrected chi connectivity index (χ3v) is 4.81. The first-order valence-corrected chi connectivity index (χ1v) is 8.40. The summed E-state index contributed by atoms with van der Waals surface area (Å²) in [6.45, 7) is -0.00540. The molecule has 1 saturated carbocycles. The van der Waals surface area contributed by atoms with E-state index in [1.165, 1.54) is 25.0 Å². The van der Waals surface area contributed by atoms with Crippen molar-refractivity contribution in [3.63, 3.8) is 0 Å². The van der Waals surface area contributed by atoms with Crippen LogP contribution in [0.1, 0.15) is 31.2 Å². The van der Waals surface area contributed by atoms with Gasteiger partial charge < -0.3 is 5.11 Å². The van der Waals surface area contributed by atoms with Crippen molar-refractivity contribution in [2.45, 2.75) is 30.6 Å². The molecule has 21 heavy (non-hydrogen) atoms. The minimum atomic E-state index is -3.83. The molecule has 0 heterocycles. The fraction of sp³-hybridized carbons (Fsp3) is 0.467. The Labute approximate surface area is 124 Å². The molecule has 6 heteroatoms. The fourth-order valence-corrected chi connectivity index (χ4v) is 3.15. The zero-order valence-corrected chi connectivity index (χ0v) is 12.4. The molecule has 1 aliphatic carbocycles. The Bertz CT molecular complexity index is 657. The molecule has 0 spiro atoms. The van der Waals surface area contributed by atoms with Crippen LogP contribution >= 0.6 is 0 Å². The van der Waals surface area contributed by atoms with Gasteiger partial charge >= 0.3 is 0 Å². The molecule has 0 atom stereocenters. The summed E-state index contributed by atoms with van der Waals surface area (Å²) in [6.07, 6.45) is 4.25. The lowest BCUT2D eigenvalue weighted by molar-refractivity contribution is 0.350. The average molecular weight is 311 g/mol. The van der Waals surface area contributed by atoms with Gasteiger partial charge in [-0.15, -0.1) is 0 Å². The first kappa shape index (κ1) is 16.0. The van der Waals surface area contributed by atoms with Gasteiger partial charge in [-0.05, 0) is 37.0 Å². The van der Waals surface area contributed by atoms with Crippen molar-refractivity contribution in [3.8, 4) is 11.8 Å². The van der Waals surface area contributed by atoms with E-state index in [0.29, 0.717) is 12.1 Å². The van der Waals surface area contributed by atoms with Gasteiger partial charge in [-0.3, -0.25) is 0 Å². The van der Waals surface area contributed by atoms with E-state index >= 15 is 0 Å². The predicted molar refractivity (Wildman–Crippen MR) is 77.5 cm³/mol. The number of aliphatic hydroxyl groups is 1. The summed E-state index contributed by atoms with van der Waals surface area (Å²) in [7, 11) is -3.83. The van der Waals surface area contributed by atoms with Gasteiger partial charge in [0.2, 0.25) is 10.0 Å². The second-order valence-electron chi connectivity index (χ2n) is 5.09. The van der Waals surface area contributed by atoms with Crippen LogP contribution in [-0.4, -0.2) is 26.7 Å². The third-order valence-electron chi connectivity index (χ3n) is 3.31. The minimum Gasteiger partial charge on any atom is -0.384 e. The number of sulfonamides is 1. The maximum absolute atomic E-state index is 13.9. The number of aliphatic hydroxyl groups excluding tert-OH is 1. The molecular formula is C15H18FNO3S. The molecule has 4 nitrogen and oxygen atoms in total. The van der Waals surface area contributed by atoms with Crippen molar-refractivity contribution in [2.75, 3.05) is 13.2 Å². The summed E-state index contributed by atoms with van der Waals surface area (Å²) in [4.78, 5) is -0.372. The van der Waals surface area contributed by atoms with Crippen LogP contribution in [0.15, 0.2) is 23.1 Å². The monoisotopic (exact) mass is 311 g/mol. The number of rotatable bonds is 6. The Morgan fingerprint density at radius 2 is 2.14 bits per heavy atom. The topological polar surface area (TPSA) is 66.4 Å². The van der Waals surface area contributed by atoms with Gasteiger partial charge in [0.25, 0.3) is 0 Å². The SMILES string of the molecule is O=S(=O)(NCCCC1CC1)c1ccc(C#CCO)cc1F. The third kappa shape index (κ3) is 4.81. The summed E-state index contributed by atoms with van der Waals surface area (Å²) < 4.78 is 40.3. The van der Waals surface area contributed by atoms with Crippen LogP contribution in [0.5, 0.6) is 0 Å². The molecule has 0 amide bonds. The van der Waals surface area contributed by atoms with Crippen LogP contribution in [-0.2, 0) is 10.0 Å². The van der Waals surface area contributed by atoms with Crippen molar-refractivity contribution in [2.24, 2.45) is 5.92 Å². The van der Waals surface area contributed by atoms with Crippen molar-refractivity contribution in [1.29, 1.82) is 0 Å². The van der Waals surface area contributed by atoms with Crippen LogP contribution in [0, 0.1) is 23.6 Å². The molecule has 1 aromatic carbocycles. The van der Waals surface area contributed by atoms with E-state index in [0.717, 1.165) is 24.8 Å². The molecule has 0 radical (unpaired) electrons. The van der Waals surface area contributed by atoms with Crippen LogP contribution in [0.25, 0.3) is 0 Å². The molecular weight excluding hydrogens is 293 g/mol. The molecule has 1 fully saturated rings. The van der Waals surface area contributed by atoms with Crippen molar-refractivity contribution < 1.29 is 17.9 Å². The number of hydrogen-bond acceptors (Lipinski definition) is 3. The Kier molecular flexibility index (Phi) is 5.34. The standard InChI is InChI=1S/C15H18FNO3S/c16-14-11-13(4-2-10-18)7-8-15(14)21(19,20)17-9-1-3-12-5-6-12/h7-8,11-12,17-18H,1,3,5-6,9-10H2. The number of nitrogens with one attached hydrogen (secondary N) is 1. The first-order valence-electron chi connectivity index (χ1n) is 6.92. The smallest absolute Gasteiger partial charge is 0.243 e. The van der Waals surface area contributed by atoms with Crippen LogP contribution in [0.4, 0.5) is 4.39 Å². The normalized spacial score (nSPS) is 14.6. The first-order chi connectivity index (χ1) is 10.0. The number of hydrogen-bond donors (Lipinski definition) is 2. The molecule has 114 valence electrons. The molecule has 1 aliphatic rings. The highest BCUT2D eigenvalue weighted by atomic mass is 32.2. The lowest BCUT2D eigenvalue weighted by Crippen LogP contribution is -2.25. The molecule has 1 aromatic rings. The number of halogens is 1. The van der Waals surface area contributed by atoms with Crippen LogP contribution in [0.2, 0.25) is 0 Å². The predicted octanol–water partition coefficient (Wildman–Crippen LogP) is 1.64. The summed E-state index contributed by atoms with van der Waals surface area (Å²) in [6, 6.07) is 3.67. The Morgan fingerprint density at radius 1 is 1.38 bits per heavy atom. The van der Waals surface area contributed by atoms with Gasteiger partial charge in [-0.25, -0.2) is 17.5 Å². The minimum absolute atomic E-state index is 0.324. The molecule has 0 aliphatic heterocycles. The number of benzene rings is 1. The van der Waals surface area contributed by atoms with Crippen LogP contribution in [0.3, 0.4) is 0 Å². The Hall–Kier alpha value is -1.42. The van der Waals surface area contributed by atoms with Crippen molar-refractivity contribution in [1.82, 2.24) is 4.72 Å². The van der Waals surface area contributed by atoms with Gasteiger partial charge in [-0.2, -0.15) is 0 Å². The van der Waals surface area contributed by atoms with Gasteiger partial charge in [0.05, 0.1) is 0 Å². The van der Waals surface area contributed by atoms with E-state index in [1.807, 2.05) is 0 Å². The summed E-state index contributed by atoms with van der Waals surface area (Å²) in [5.41, 5.74) is 0.328. The zero-order valence-electron chi connectivity index (χ0n) is 11.6. The van der Waals surface area contributed by atoms with E-state index < -0.39 is 15.8 Å². The molecule has 2 rings (SSSR count). The highest BCUT2D eigenvalue weighted by Gasteiger charge is 2.22. The van der Waals surface area contributed by atoms with Gasteiger partial charge in [0.1, 0.15) is 17.3 Å². The second-order valence-corrected chi connectivity index (χ2v) is 6.82. The van der Waals surface area contributed by atoms with E-state index in [4.69, 9.17) is 5.11 Å². The highest BCUT2D eigenvalue weighted by molar-refractivity contribution is 7.89. The Balaban J connectivity index is 2.00. The lowest BCUT2D eigenvalue weighted by atomic mass is 10.2.